The summed E-state index contributed by atoms with van der Waals surface area (Å²) in [7, 11) is 1.88. The van der Waals surface area contributed by atoms with Gasteiger partial charge in [-0.1, -0.05) is 6.07 Å². The van der Waals surface area contributed by atoms with Gasteiger partial charge in [-0.25, -0.2) is 4.98 Å². The highest BCUT2D eigenvalue weighted by atomic mass is 35.5. The fraction of sp³-hybridized carbons (Fsp3) is 0.588. The van der Waals surface area contributed by atoms with Crippen LogP contribution in [0.4, 0.5) is 5.82 Å². The summed E-state index contributed by atoms with van der Waals surface area (Å²) in [6.07, 6.45) is 3.06. The Morgan fingerprint density at radius 2 is 2.08 bits per heavy atom. The van der Waals surface area contributed by atoms with Crippen LogP contribution in [0.2, 0.25) is 0 Å². The fourth-order valence-electron chi connectivity index (χ4n) is 2.83. The maximum Gasteiger partial charge on any atom is 0.230 e. The van der Waals surface area contributed by atoms with Crippen LogP contribution in [0, 0.1) is 12.8 Å². The molecule has 2 amide bonds. The third-order valence-electron chi connectivity index (χ3n) is 4.10. The number of pyridine rings is 1. The number of nitrogens with zero attached hydrogens (tertiary/aromatic N) is 2. The lowest BCUT2D eigenvalue weighted by Crippen LogP contribution is -2.43. The molecule has 1 aliphatic rings. The predicted molar refractivity (Wildman–Crippen MR) is 105 cm³/mol. The number of aromatic nitrogens is 1. The van der Waals surface area contributed by atoms with Gasteiger partial charge in [-0.3, -0.25) is 9.59 Å². The quantitative estimate of drug-likeness (QED) is 0.731. The van der Waals surface area contributed by atoms with E-state index in [9.17, 15) is 9.59 Å². The van der Waals surface area contributed by atoms with Crippen LogP contribution in [0.15, 0.2) is 18.2 Å². The van der Waals surface area contributed by atoms with Crippen molar-refractivity contribution in [3.63, 3.8) is 0 Å². The Bertz CT molecular complexity index is 557. The lowest BCUT2D eigenvalue weighted by Gasteiger charge is -2.32. The zero-order valence-corrected chi connectivity index (χ0v) is 16.4. The first-order valence-corrected chi connectivity index (χ1v) is 8.27. The number of anilines is 1. The predicted octanol–water partition coefficient (Wildman–Crippen LogP) is 2.41. The van der Waals surface area contributed by atoms with E-state index in [2.05, 4.69) is 15.6 Å². The molecule has 1 saturated heterocycles. The van der Waals surface area contributed by atoms with Gasteiger partial charge in [0, 0.05) is 25.2 Å². The van der Waals surface area contributed by atoms with Crippen LogP contribution in [-0.2, 0) is 9.59 Å². The van der Waals surface area contributed by atoms with Gasteiger partial charge in [0.25, 0.3) is 0 Å². The molecule has 1 aliphatic heterocycles. The summed E-state index contributed by atoms with van der Waals surface area (Å²) in [5, 5.41) is 5.91. The van der Waals surface area contributed by atoms with Gasteiger partial charge in [0.1, 0.15) is 5.82 Å². The minimum atomic E-state index is -0.153. The largest absolute Gasteiger partial charge is 0.342 e. The molecular formula is C17H28Cl2N4O2. The van der Waals surface area contributed by atoms with Crippen LogP contribution in [0.25, 0.3) is 0 Å². The van der Waals surface area contributed by atoms with E-state index in [0.29, 0.717) is 18.8 Å². The molecule has 8 heteroatoms. The van der Waals surface area contributed by atoms with E-state index in [1.54, 1.807) is 6.07 Å². The highest BCUT2D eigenvalue weighted by Crippen LogP contribution is 2.19. The first-order valence-electron chi connectivity index (χ1n) is 8.27. The second-order valence-corrected chi connectivity index (χ2v) is 6.04. The molecule has 1 atom stereocenters. The summed E-state index contributed by atoms with van der Waals surface area (Å²) in [5.74, 6) is 0.522. The molecule has 2 rings (SSSR count). The first-order chi connectivity index (χ1) is 11.1. The molecule has 25 heavy (non-hydrogen) atoms. The van der Waals surface area contributed by atoms with Crippen molar-refractivity contribution >= 4 is 42.4 Å². The molecule has 0 bridgehead atoms. The van der Waals surface area contributed by atoms with Crippen molar-refractivity contribution < 1.29 is 9.59 Å². The molecule has 6 nitrogen and oxygen atoms in total. The van der Waals surface area contributed by atoms with Gasteiger partial charge in [0.15, 0.2) is 0 Å². The molecule has 1 unspecified atom stereocenters. The average Bonchev–Trinajstić information content (AvgIpc) is 2.55. The average molecular weight is 391 g/mol. The van der Waals surface area contributed by atoms with Crippen molar-refractivity contribution in [2.45, 2.75) is 32.6 Å². The number of nitrogens with one attached hydrogen (secondary N) is 2. The molecule has 0 aromatic carbocycles. The maximum atomic E-state index is 12.4. The maximum absolute atomic E-state index is 12.4. The number of rotatable bonds is 6. The van der Waals surface area contributed by atoms with Crippen molar-refractivity contribution in [2.24, 2.45) is 5.92 Å². The molecule has 1 aromatic heterocycles. The van der Waals surface area contributed by atoms with Crippen LogP contribution in [0.5, 0.6) is 0 Å². The van der Waals surface area contributed by atoms with Gasteiger partial charge in [0.2, 0.25) is 11.8 Å². The number of piperidine rings is 1. The third-order valence-corrected chi connectivity index (χ3v) is 4.10. The Labute approximate surface area is 162 Å². The molecule has 142 valence electrons. The summed E-state index contributed by atoms with van der Waals surface area (Å²) in [4.78, 5) is 30.7. The number of hydrogen-bond acceptors (Lipinski definition) is 4. The Morgan fingerprint density at radius 1 is 1.32 bits per heavy atom. The van der Waals surface area contributed by atoms with Crippen LogP contribution in [-0.4, -0.2) is 48.4 Å². The highest BCUT2D eigenvalue weighted by Gasteiger charge is 2.28. The fourth-order valence-corrected chi connectivity index (χ4v) is 2.83. The summed E-state index contributed by atoms with van der Waals surface area (Å²) in [6.45, 7) is 3.99. The van der Waals surface area contributed by atoms with E-state index in [-0.39, 0.29) is 42.5 Å². The minimum Gasteiger partial charge on any atom is -0.342 e. The number of aryl methyl sites for hydroxylation is 1. The van der Waals surface area contributed by atoms with E-state index in [4.69, 9.17) is 0 Å². The Balaban J connectivity index is 0.00000288. The number of amides is 2. The van der Waals surface area contributed by atoms with E-state index in [0.717, 1.165) is 38.0 Å². The van der Waals surface area contributed by atoms with Gasteiger partial charge in [-0.15, -0.1) is 24.8 Å². The van der Waals surface area contributed by atoms with Crippen molar-refractivity contribution in [3.05, 3.63) is 23.9 Å². The number of hydrogen-bond donors (Lipinski definition) is 2. The lowest BCUT2D eigenvalue weighted by atomic mass is 9.96. The summed E-state index contributed by atoms with van der Waals surface area (Å²) in [5.41, 5.74) is 0.868. The van der Waals surface area contributed by atoms with Gasteiger partial charge >= 0.3 is 0 Å². The van der Waals surface area contributed by atoms with E-state index in [1.165, 1.54) is 0 Å². The number of carbonyl (C=O) groups excluding carboxylic acids is 2. The van der Waals surface area contributed by atoms with Crippen molar-refractivity contribution in [1.29, 1.82) is 0 Å². The number of carbonyl (C=O) groups is 2. The summed E-state index contributed by atoms with van der Waals surface area (Å²) < 4.78 is 0. The van der Waals surface area contributed by atoms with Gasteiger partial charge in [-0.2, -0.15) is 0 Å². The third kappa shape index (κ3) is 7.59. The summed E-state index contributed by atoms with van der Waals surface area (Å²) >= 11 is 0. The zero-order chi connectivity index (χ0) is 16.7. The molecule has 0 radical (unpaired) electrons. The molecule has 2 heterocycles. The first kappa shape index (κ1) is 23.6. The van der Waals surface area contributed by atoms with Crippen LogP contribution >= 0.6 is 24.8 Å². The highest BCUT2D eigenvalue weighted by molar-refractivity contribution is 5.92. The van der Waals surface area contributed by atoms with Crippen molar-refractivity contribution in [3.8, 4) is 0 Å². The second-order valence-electron chi connectivity index (χ2n) is 6.04. The Hall–Kier alpha value is -1.37. The molecule has 0 saturated carbocycles. The van der Waals surface area contributed by atoms with Crippen LogP contribution in [0.1, 0.15) is 31.4 Å². The zero-order valence-electron chi connectivity index (χ0n) is 14.8. The molecule has 2 N–H and O–H groups in total. The molecule has 0 spiro atoms. The minimum absolute atomic E-state index is 0. The SMILES string of the molecule is CNCCCC(=O)N1CCCC(C(=O)Nc2cccc(C)n2)C1.Cl.Cl. The topological polar surface area (TPSA) is 74.3 Å². The van der Waals surface area contributed by atoms with Gasteiger partial charge in [-0.05, 0) is 51.9 Å². The van der Waals surface area contributed by atoms with E-state index >= 15 is 0 Å². The monoisotopic (exact) mass is 390 g/mol. The van der Waals surface area contributed by atoms with E-state index < -0.39 is 0 Å². The molecule has 1 aromatic rings. The molecular weight excluding hydrogens is 363 g/mol. The molecule has 0 aliphatic carbocycles. The second kappa shape index (κ2) is 12.1. The van der Waals surface area contributed by atoms with Crippen LogP contribution in [0.3, 0.4) is 0 Å². The van der Waals surface area contributed by atoms with Gasteiger partial charge in [0.05, 0.1) is 5.92 Å². The normalized spacial score (nSPS) is 16.4. The van der Waals surface area contributed by atoms with E-state index in [1.807, 2.05) is 31.0 Å². The standard InChI is InChI=1S/C17H26N4O2.2ClH/c1-13-6-3-8-15(19-13)20-17(23)14-7-5-11-21(12-14)16(22)9-4-10-18-2;;/h3,6,8,14,18H,4-5,7,9-12H2,1-2H3,(H,19,20,23);2*1H. The van der Waals surface area contributed by atoms with Crippen molar-refractivity contribution in [1.82, 2.24) is 15.2 Å². The van der Waals surface area contributed by atoms with Crippen molar-refractivity contribution in [2.75, 3.05) is 32.0 Å². The van der Waals surface area contributed by atoms with Gasteiger partial charge < -0.3 is 15.5 Å². The number of likely N-dealkylation sites (tertiary alicyclic amines) is 1. The lowest BCUT2D eigenvalue weighted by molar-refractivity contribution is -0.134. The summed E-state index contributed by atoms with van der Waals surface area (Å²) in [6, 6.07) is 5.55. The molecule has 1 fully saturated rings. The smallest absolute Gasteiger partial charge is 0.230 e. The van der Waals surface area contributed by atoms with Crippen LogP contribution < -0.4 is 10.6 Å². The Kier molecular flexibility index (Phi) is 11.4. The number of halogens is 2. The Morgan fingerprint density at radius 3 is 2.76 bits per heavy atom.